The van der Waals surface area contributed by atoms with Crippen LogP contribution in [0.25, 0.3) is 33.5 Å². The quantitative estimate of drug-likeness (QED) is 0.451. The van der Waals surface area contributed by atoms with E-state index in [0.29, 0.717) is 22.4 Å². The van der Waals surface area contributed by atoms with E-state index in [9.17, 15) is 14.9 Å². The standard InChI is InChI=1S/C23H19N3O5/c1-12(2)26-11-15(10-24)17-9-14(5-6-18(17)26)20-19(21-13(3)30-23(28)31-21)16(7-8-25-20)22(27)29-4/h5-9,11-12H,1-4H3. The van der Waals surface area contributed by atoms with Gasteiger partial charge in [-0.1, -0.05) is 6.07 Å². The average molecular weight is 417 g/mol. The first-order valence-corrected chi connectivity index (χ1v) is 9.59. The lowest BCUT2D eigenvalue weighted by atomic mass is 9.97. The topological polar surface area (TPSA) is 111 Å². The van der Waals surface area contributed by atoms with Crippen LogP contribution in [0.1, 0.15) is 41.6 Å². The molecule has 0 N–H and O–H groups in total. The third-order valence-corrected chi connectivity index (χ3v) is 5.11. The zero-order valence-electron chi connectivity index (χ0n) is 17.4. The third-order valence-electron chi connectivity index (χ3n) is 5.11. The van der Waals surface area contributed by atoms with Crippen LogP contribution >= 0.6 is 0 Å². The van der Waals surface area contributed by atoms with Gasteiger partial charge in [-0.15, -0.1) is 0 Å². The Kier molecular flexibility index (Phi) is 4.95. The first-order valence-electron chi connectivity index (χ1n) is 9.59. The Morgan fingerprint density at radius 3 is 2.65 bits per heavy atom. The van der Waals surface area contributed by atoms with Crippen molar-refractivity contribution >= 4 is 16.9 Å². The molecule has 4 rings (SSSR count). The van der Waals surface area contributed by atoms with E-state index in [2.05, 4.69) is 11.1 Å². The molecule has 4 aromatic rings. The summed E-state index contributed by atoms with van der Waals surface area (Å²) in [5.74, 6) is -1.16. The van der Waals surface area contributed by atoms with Gasteiger partial charge in [0.1, 0.15) is 6.07 Å². The van der Waals surface area contributed by atoms with Crippen LogP contribution in [0.4, 0.5) is 0 Å². The Hall–Kier alpha value is -4.12. The van der Waals surface area contributed by atoms with Crippen molar-refractivity contribution in [3.8, 4) is 28.7 Å². The molecule has 0 saturated carbocycles. The van der Waals surface area contributed by atoms with Gasteiger partial charge in [-0.05, 0) is 39.0 Å². The highest BCUT2D eigenvalue weighted by molar-refractivity contribution is 6.01. The number of nitrogens with zero attached hydrogens (tertiary/aromatic N) is 3. The molecule has 3 heterocycles. The summed E-state index contributed by atoms with van der Waals surface area (Å²) in [4.78, 5) is 28.6. The molecular weight excluding hydrogens is 398 g/mol. The predicted molar refractivity (Wildman–Crippen MR) is 113 cm³/mol. The Morgan fingerprint density at radius 2 is 2.03 bits per heavy atom. The molecule has 1 aromatic carbocycles. The molecule has 8 heteroatoms. The van der Waals surface area contributed by atoms with Crippen LogP contribution in [-0.4, -0.2) is 22.6 Å². The smallest absolute Gasteiger partial charge is 0.465 e. The summed E-state index contributed by atoms with van der Waals surface area (Å²) in [5, 5.41) is 10.4. The van der Waals surface area contributed by atoms with Gasteiger partial charge in [0.05, 0.1) is 29.5 Å². The van der Waals surface area contributed by atoms with Gasteiger partial charge in [-0.25, -0.2) is 9.59 Å². The normalized spacial score (nSPS) is 11.1. The minimum absolute atomic E-state index is 0.105. The van der Waals surface area contributed by atoms with Gasteiger partial charge >= 0.3 is 11.8 Å². The van der Waals surface area contributed by atoms with Crippen LogP contribution < -0.4 is 5.82 Å². The molecule has 3 aromatic heterocycles. The highest BCUT2D eigenvalue weighted by Crippen LogP contribution is 2.37. The number of carbonyl (C=O) groups excluding carboxylic acids is 1. The SMILES string of the molecule is COC(=O)c1ccnc(-c2ccc3c(c2)c(C#N)cn3C(C)C)c1-c1oc(=O)oc1C. The molecule has 0 spiro atoms. The van der Waals surface area contributed by atoms with Crippen LogP contribution in [0.2, 0.25) is 0 Å². The van der Waals surface area contributed by atoms with E-state index in [4.69, 9.17) is 13.6 Å². The second kappa shape index (κ2) is 7.61. The number of ether oxygens (including phenoxy) is 1. The number of esters is 1. The fraction of sp³-hybridized carbons (Fsp3) is 0.217. The molecule has 0 amide bonds. The fourth-order valence-corrected chi connectivity index (χ4v) is 3.68. The monoisotopic (exact) mass is 417 g/mol. The van der Waals surface area contributed by atoms with Crippen molar-refractivity contribution in [1.82, 2.24) is 9.55 Å². The lowest BCUT2D eigenvalue weighted by Gasteiger charge is -2.12. The number of pyridine rings is 1. The summed E-state index contributed by atoms with van der Waals surface area (Å²) in [7, 11) is 1.27. The van der Waals surface area contributed by atoms with Gasteiger partial charge in [0, 0.05) is 34.9 Å². The maximum atomic E-state index is 12.5. The van der Waals surface area contributed by atoms with Gasteiger partial charge in [0.25, 0.3) is 0 Å². The molecule has 0 aliphatic heterocycles. The van der Waals surface area contributed by atoms with E-state index in [-0.39, 0.29) is 23.1 Å². The zero-order chi connectivity index (χ0) is 22.3. The highest BCUT2D eigenvalue weighted by Gasteiger charge is 2.25. The van der Waals surface area contributed by atoms with Gasteiger partial charge in [-0.2, -0.15) is 5.26 Å². The predicted octanol–water partition coefficient (Wildman–Crippen LogP) is 4.46. The second-order valence-corrected chi connectivity index (χ2v) is 7.30. The van der Waals surface area contributed by atoms with Crippen LogP contribution in [0.5, 0.6) is 0 Å². The minimum atomic E-state index is -0.880. The number of rotatable bonds is 4. The first kappa shape index (κ1) is 20.2. The molecule has 0 saturated heterocycles. The Morgan fingerprint density at radius 1 is 1.26 bits per heavy atom. The minimum Gasteiger partial charge on any atom is -0.465 e. The Balaban J connectivity index is 2.04. The van der Waals surface area contributed by atoms with Gasteiger partial charge in [-0.3, -0.25) is 4.98 Å². The van der Waals surface area contributed by atoms with Crippen molar-refractivity contribution in [3.05, 3.63) is 64.2 Å². The lowest BCUT2D eigenvalue weighted by molar-refractivity contribution is 0.0601. The summed E-state index contributed by atoms with van der Waals surface area (Å²) in [6, 6.07) is 9.49. The lowest BCUT2D eigenvalue weighted by Crippen LogP contribution is -2.06. The summed E-state index contributed by atoms with van der Waals surface area (Å²) < 4.78 is 17.2. The van der Waals surface area contributed by atoms with Crippen molar-refractivity contribution in [2.24, 2.45) is 0 Å². The average Bonchev–Trinajstić information content (AvgIpc) is 3.30. The Bertz CT molecular complexity index is 1420. The molecule has 156 valence electrons. The molecule has 8 nitrogen and oxygen atoms in total. The molecule has 0 atom stereocenters. The molecule has 0 aliphatic rings. The number of methoxy groups -OCH3 is 1. The van der Waals surface area contributed by atoms with Crippen LogP contribution in [0, 0.1) is 18.3 Å². The summed E-state index contributed by atoms with van der Waals surface area (Å²) >= 11 is 0. The van der Waals surface area contributed by atoms with E-state index in [1.165, 1.54) is 19.4 Å². The van der Waals surface area contributed by atoms with E-state index in [1.54, 1.807) is 6.92 Å². The number of aromatic nitrogens is 2. The van der Waals surface area contributed by atoms with E-state index >= 15 is 0 Å². The molecule has 31 heavy (non-hydrogen) atoms. The molecule has 0 fully saturated rings. The zero-order valence-corrected chi connectivity index (χ0v) is 17.4. The van der Waals surface area contributed by atoms with Crippen molar-refractivity contribution in [2.75, 3.05) is 7.11 Å². The molecular formula is C23H19N3O5. The van der Waals surface area contributed by atoms with Crippen LogP contribution in [0.15, 0.2) is 50.3 Å². The number of carbonyl (C=O) groups is 1. The summed E-state index contributed by atoms with van der Waals surface area (Å²) in [6.45, 7) is 5.65. The summed E-state index contributed by atoms with van der Waals surface area (Å²) in [6.07, 6.45) is 3.30. The molecule has 0 unspecified atom stereocenters. The van der Waals surface area contributed by atoms with E-state index in [0.717, 1.165) is 10.9 Å². The number of fused-ring (bicyclic) bond motifs is 1. The molecule has 0 aliphatic carbocycles. The van der Waals surface area contributed by atoms with E-state index < -0.39 is 11.8 Å². The Labute approximate surface area is 177 Å². The maximum absolute atomic E-state index is 12.5. The van der Waals surface area contributed by atoms with Gasteiger partial charge in [0.2, 0.25) is 0 Å². The van der Waals surface area contributed by atoms with Crippen LogP contribution in [-0.2, 0) is 4.74 Å². The van der Waals surface area contributed by atoms with Crippen LogP contribution in [0.3, 0.4) is 0 Å². The fourth-order valence-electron chi connectivity index (χ4n) is 3.68. The maximum Gasteiger partial charge on any atom is 0.519 e. The number of aryl methyl sites for hydroxylation is 1. The van der Waals surface area contributed by atoms with Crippen molar-refractivity contribution in [2.45, 2.75) is 26.8 Å². The number of hydrogen-bond donors (Lipinski definition) is 0. The van der Waals surface area contributed by atoms with Crippen molar-refractivity contribution in [1.29, 1.82) is 5.26 Å². The van der Waals surface area contributed by atoms with E-state index in [1.807, 2.05) is 42.8 Å². The molecule has 0 bridgehead atoms. The van der Waals surface area contributed by atoms with Gasteiger partial charge in [0.15, 0.2) is 11.5 Å². The summed E-state index contributed by atoms with van der Waals surface area (Å²) in [5.41, 5.74) is 2.96. The number of hydrogen-bond acceptors (Lipinski definition) is 7. The number of nitriles is 1. The third kappa shape index (κ3) is 3.30. The second-order valence-electron chi connectivity index (χ2n) is 7.30. The van der Waals surface area contributed by atoms with Crippen molar-refractivity contribution < 1.29 is 18.4 Å². The largest absolute Gasteiger partial charge is 0.519 e. The van der Waals surface area contributed by atoms with Gasteiger partial charge < -0.3 is 18.1 Å². The number of benzene rings is 1. The molecule has 0 radical (unpaired) electrons. The van der Waals surface area contributed by atoms with Crippen molar-refractivity contribution in [3.63, 3.8) is 0 Å². The highest BCUT2D eigenvalue weighted by atomic mass is 16.6. The first-order chi connectivity index (χ1) is 14.8.